The first-order valence-electron chi connectivity index (χ1n) is 8.86. The molecule has 4 aromatic rings. The van der Waals surface area contributed by atoms with Gasteiger partial charge in [-0.15, -0.1) is 0 Å². The zero-order valence-corrected chi connectivity index (χ0v) is 15.3. The number of hydrogen-bond acceptors (Lipinski definition) is 3. The van der Waals surface area contributed by atoms with Crippen LogP contribution in [0.25, 0.3) is 16.9 Å². The van der Waals surface area contributed by atoms with Crippen molar-refractivity contribution in [3.8, 4) is 11.3 Å². The third-order valence-electron chi connectivity index (χ3n) is 4.74. The maximum absolute atomic E-state index is 12.8. The molecule has 27 heavy (non-hydrogen) atoms. The number of carbonyl (C=O) groups excluding carboxylic acids is 1. The number of imidazole rings is 1. The molecule has 1 atom stereocenters. The summed E-state index contributed by atoms with van der Waals surface area (Å²) in [5.74, 6) is -0.870. The average molecular weight is 356 g/mol. The Labute approximate surface area is 158 Å². The van der Waals surface area contributed by atoms with Gasteiger partial charge in [-0.05, 0) is 24.6 Å². The minimum absolute atomic E-state index is 0.305. The van der Waals surface area contributed by atoms with Crippen LogP contribution in [0.1, 0.15) is 22.7 Å². The molecule has 2 heterocycles. The monoisotopic (exact) mass is 356 g/mol. The summed E-state index contributed by atoms with van der Waals surface area (Å²) in [5.41, 5.74) is 5.44. The summed E-state index contributed by atoms with van der Waals surface area (Å²) in [6.45, 7) is 2.05. The van der Waals surface area contributed by atoms with Crippen LogP contribution in [0, 0.1) is 6.92 Å². The fourth-order valence-electron chi connectivity index (χ4n) is 3.38. The Kier molecular flexibility index (Phi) is 4.47. The third kappa shape index (κ3) is 3.10. The van der Waals surface area contributed by atoms with E-state index in [-0.39, 0.29) is 5.97 Å². The van der Waals surface area contributed by atoms with Gasteiger partial charge in [0.15, 0.2) is 0 Å². The predicted octanol–water partition coefficient (Wildman–Crippen LogP) is 4.61. The van der Waals surface area contributed by atoms with E-state index in [1.807, 2.05) is 71.3 Å². The van der Waals surface area contributed by atoms with Crippen molar-refractivity contribution in [2.75, 3.05) is 7.11 Å². The third-order valence-corrected chi connectivity index (χ3v) is 4.74. The van der Waals surface area contributed by atoms with E-state index in [0.717, 1.165) is 28.2 Å². The van der Waals surface area contributed by atoms with Crippen molar-refractivity contribution in [1.29, 1.82) is 0 Å². The quantitative estimate of drug-likeness (QED) is 0.501. The smallest absolute Gasteiger partial charge is 0.319 e. The van der Waals surface area contributed by atoms with Gasteiger partial charge >= 0.3 is 5.97 Å². The number of benzene rings is 2. The molecule has 0 spiro atoms. The molecule has 0 aliphatic heterocycles. The minimum Gasteiger partial charge on any atom is -0.468 e. The molecule has 0 saturated heterocycles. The molecule has 0 N–H and O–H groups in total. The van der Waals surface area contributed by atoms with E-state index in [1.165, 1.54) is 12.7 Å². The normalized spacial score (nSPS) is 12.1. The minimum atomic E-state index is -0.565. The van der Waals surface area contributed by atoms with Gasteiger partial charge in [0.2, 0.25) is 0 Å². The highest BCUT2D eigenvalue weighted by Gasteiger charge is 2.30. The predicted molar refractivity (Wildman–Crippen MR) is 106 cm³/mol. The van der Waals surface area contributed by atoms with E-state index in [2.05, 4.69) is 19.1 Å². The van der Waals surface area contributed by atoms with Gasteiger partial charge in [-0.25, -0.2) is 4.98 Å². The van der Waals surface area contributed by atoms with E-state index in [9.17, 15) is 4.79 Å². The summed E-state index contributed by atoms with van der Waals surface area (Å²) in [6, 6.07) is 23.7. The first-order valence-corrected chi connectivity index (χ1v) is 8.86. The Morgan fingerprint density at radius 1 is 0.963 bits per heavy atom. The van der Waals surface area contributed by atoms with Gasteiger partial charge in [-0.3, -0.25) is 4.79 Å². The maximum Gasteiger partial charge on any atom is 0.319 e. The second-order valence-corrected chi connectivity index (χ2v) is 6.51. The van der Waals surface area contributed by atoms with Gasteiger partial charge in [-0.1, -0.05) is 66.2 Å². The van der Waals surface area contributed by atoms with Gasteiger partial charge in [0.05, 0.1) is 18.5 Å². The van der Waals surface area contributed by atoms with Crippen molar-refractivity contribution in [2.45, 2.75) is 12.8 Å². The van der Waals surface area contributed by atoms with Gasteiger partial charge in [0.25, 0.3) is 0 Å². The molecule has 0 saturated carbocycles. The molecule has 2 aromatic carbocycles. The second kappa shape index (κ2) is 7.08. The van der Waals surface area contributed by atoms with Crippen LogP contribution in [0.4, 0.5) is 0 Å². The molecule has 2 aromatic heterocycles. The first kappa shape index (κ1) is 17.0. The van der Waals surface area contributed by atoms with E-state index in [1.54, 1.807) is 0 Å². The number of carbonyl (C=O) groups is 1. The largest absolute Gasteiger partial charge is 0.468 e. The van der Waals surface area contributed by atoms with Crippen molar-refractivity contribution >= 4 is 11.6 Å². The average Bonchev–Trinajstić information content (AvgIpc) is 3.09. The van der Waals surface area contributed by atoms with Crippen molar-refractivity contribution in [1.82, 2.24) is 9.38 Å². The molecule has 0 aliphatic rings. The number of methoxy groups -OCH3 is 1. The highest BCUT2D eigenvalue weighted by atomic mass is 16.5. The molecule has 0 fully saturated rings. The highest BCUT2D eigenvalue weighted by Crippen LogP contribution is 2.35. The van der Waals surface area contributed by atoms with Crippen molar-refractivity contribution in [2.24, 2.45) is 0 Å². The molecule has 4 heteroatoms. The number of hydrogen-bond donors (Lipinski definition) is 0. The number of esters is 1. The number of fused-ring (bicyclic) bond motifs is 1. The Hall–Kier alpha value is -3.40. The van der Waals surface area contributed by atoms with E-state index < -0.39 is 5.92 Å². The highest BCUT2D eigenvalue weighted by molar-refractivity contribution is 5.85. The van der Waals surface area contributed by atoms with Crippen molar-refractivity contribution in [3.05, 3.63) is 95.8 Å². The molecular weight excluding hydrogens is 336 g/mol. The first-order chi connectivity index (χ1) is 13.2. The summed E-state index contributed by atoms with van der Waals surface area (Å²) in [6.07, 6.45) is 1.94. The molecule has 4 rings (SSSR count). The van der Waals surface area contributed by atoms with E-state index in [0.29, 0.717) is 0 Å². The fourth-order valence-corrected chi connectivity index (χ4v) is 3.38. The molecule has 0 radical (unpaired) electrons. The Bertz CT molecular complexity index is 1080. The summed E-state index contributed by atoms with van der Waals surface area (Å²) in [4.78, 5) is 17.7. The Balaban J connectivity index is 2.02. The summed E-state index contributed by atoms with van der Waals surface area (Å²) in [5, 5.41) is 0. The maximum atomic E-state index is 12.8. The summed E-state index contributed by atoms with van der Waals surface area (Å²) in [7, 11) is 1.42. The van der Waals surface area contributed by atoms with Crippen LogP contribution in [-0.4, -0.2) is 22.5 Å². The SMILES string of the molecule is COC(=O)C(c1ccccc1)c1c(-c2ccc(C)cc2)nc2ccccn12. The molecule has 4 nitrogen and oxygen atoms in total. The van der Waals surface area contributed by atoms with Crippen LogP contribution >= 0.6 is 0 Å². The molecule has 0 amide bonds. The fraction of sp³-hybridized carbons (Fsp3) is 0.130. The van der Waals surface area contributed by atoms with Crippen LogP contribution < -0.4 is 0 Å². The second-order valence-electron chi connectivity index (χ2n) is 6.51. The van der Waals surface area contributed by atoms with Crippen LogP contribution in [0.5, 0.6) is 0 Å². The van der Waals surface area contributed by atoms with Gasteiger partial charge in [-0.2, -0.15) is 0 Å². The number of nitrogens with zero attached hydrogens (tertiary/aromatic N) is 2. The van der Waals surface area contributed by atoms with Gasteiger partial charge in [0.1, 0.15) is 11.6 Å². The number of ether oxygens (including phenoxy) is 1. The molecule has 134 valence electrons. The molecular formula is C23H20N2O2. The van der Waals surface area contributed by atoms with Crippen LogP contribution in [0.3, 0.4) is 0 Å². The van der Waals surface area contributed by atoms with Crippen molar-refractivity contribution in [3.63, 3.8) is 0 Å². The van der Waals surface area contributed by atoms with Crippen LogP contribution in [0.2, 0.25) is 0 Å². The van der Waals surface area contributed by atoms with Crippen LogP contribution in [0.15, 0.2) is 79.0 Å². The Morgan fingerprint density at radius 2 is 1.67 bits per heavy atom. The lowest BCUT2D eigenvalue weighted by Crippen LogP contribution is -2.18. The molecule has 0 aliphatic carbocycles. The number of aryl methyl sites for hydroxylation is 1. The van der Waals surface area contributed by atoms with E-state index in [4.69, 9.17) is 9.72 Å². The number of pyridine rings is 1. The number of rotatable bonds is 4. The van der Waals surface area contributed by atoms with E-state index >= 15 is 0 Å². The van der Waals surface area contributed by atoms with Crippen LogP contribution in [-0.2, 0) is 9.53 Å². The standard InChI is InChI=1S/C23H20N2O2/c1-16-11-13-18(14-12-16)21-22(25-15-7-6-10-19(25)24-21)20(23(26)27-2)17-8-4-3-5-9-17/h3-15,20H,1-2H3. The number of aromatic nitrogens is 2. The topological polar surface area (TPSA) is 43.6 Å². The molecule has 0 bridgehead atoms. The Morgan fingerprint density at radius 3 is 2.37 bits per heavy atom. The lowest BCUT2D eigenvalue weighted by molar-refractivity contribution is -0.141. The van der Waals surface area contributed by atoms with Gasteiger partial charge in [0, 0.05) is 11.8 Å². The summed E-state index contributed by atoms with van der Waals surface area (Å²) < 4.78 is 7.15. The van der Waals surface area contributed by atoms with Gasteiger partial charge < -0.3 is 9.14 Å². The molecule has 1 unspecified atom stereocenters. The zero-order valence-electron chi connectivity index (χ0n) is 15.3. The van der Waals surface area contributed by atoms with Crippen molar-refractivity contribution < 1.29 is 9.53 Å². The lowest BCUT2D eigenvalue weighted by Gasteiger charge is -2.17. The summed E-state index contributed by atoms with van der Waals surface area (Å²) >= 11 is 0. The zero-order chi connectivity index (χ0) is 18.8. The lowest BCUT2D eigenvalue weighted by atomic mass is 9.92.